The van der Waals surface area contributed by atoms with Gasteiger partial charge >= 0.3 is 0 Å². The van der Waals surface area contributed by atoms with Crippen LogP contribution in [0.2, 0.25) is 0 Å². The third-order valence-corrected chi connectivity index (χ3v) is 5.44. The summed E-state index contributed by atoms with van der Waals surface area (Å²) in [5, 5.41) is 3.43. The van der Waals surface area contributed by atoms with Gasteiger partial charge in [-0.1, -0.05) is 6.07 Å². The van der Waals surface area contributed by atoms with E-state index in [1.807, 2.05) is 17.0 Å². The Kier molecular flexibility index (Phi) is 5.85. The molecule has 0 saturated carbocycles. The fourth-order valence-corrected chi connectivity index (χ4v) is 3.86. The standard InChI is InChI=1S/C20H28N4O4/c1-21-20(22-7-6-15-4-5-16-18(13-15)28-14-27-16)24-10-8-23(9-11-24)19(25)17-3-2-12-26-17/h4-5,13,17H,2-3,6-12,14H2,1H3,(H,21,22). The van der Waals surface area contributed by atoms with E-state index in [2.05, 4.69) is 21.3 Å². The van der Waals surface area contributed by atoms with Crippen molar-refractivity contribution >= 4 is 11.9 Å². The summed E-state index contributed by atoms with van der Waals surface area (Å²) in [6.45, 7) is 4.76. The Labute approximate surface area is 165 Å². The lowest BCUT2D eigenvalue weighted by Crippen LogP contribution is -2.55. The minimum absolute atomic E-state index is 0.142. The lowest BCUT2D eigenvalue weighted by atomic mass is 10.1. The maximum absolute atomic E-state index is 12.5. The number of ether oxygens (including phenoxy) is 3. The van der Waals surface area contributed by atoms with Crippen LogP contribution in [0.4, 0.5) is 0 Å². The largest absolute Gasteiger partial charge is 0.454 e. The number of carbonyl (C=O) groups is 1. The monoisotopic (exact) mass is 388 g/mol. The smallest absolute Gasteiger partial charge is 0.251 e. The van der Waals surface area contributed by atoms with Crippen LogP contribution in [0.15, 0.2) is 23.2 Å². The summed E-state index contributed by atoms with van der Waals surface area (Å²) < 4.78 is 16.3. The molecule has 0 radical (unpaired) electrons. The number of hydrogen-bond acceptors (Lipinski definition) is 5. The topological polar surface area (TPSA) is 75.6 Å². The maximum atomic E-state index is 12.5. The van der Waals surface area contributed by atoms with E-state index >= 15 is 0 Å². The first kappa shape index (κ1) is 18.9. The van der Waals surface area contributed by atoms with Crippen LogP contribution in [0.5, 0.6) is 11.5 Å². The van der Waals surface area contributed by atoms with Crippen LogP contribution < -0.4 is 14.8 Å². The summed E-state index contributed by atoms with van der Waals surface area (Å²) in [6.07, 6.45) is 2.47. The van der Waals surface area contributed by atoms with Gasteiger partial charge in [-0.05, 0) is 37.0 Å². The highest BCUT2D eigenvalue weighted by atomic mass is 16.7. The maximum Gasteiger partial charge on any atom is 0.251 e. The fraction of sp³-hybridized carbons (Fsp3) is 0.600. The van der Waals surface area contributed by atoms with Gasteiger partial charge in [-0.2, -0.15) is 0 Å². The number of nitrogens with zero attached hydrogens (tertiary/aromatic N) is 3. The van der Waals surface area contributed by atoms with Crippen molar-refractivity contribution in [1.82, 2.24) is 15.1 Å². The van der Waals surface area contributed by atoms with Gasteiger partial charge in [0.15, 0.2) is 17.5 Å². The first-order chi connectivity index (χ1) is 13.7. The van der Waals surface area contributed by atoms with Crippen LogP contribution in [-0.2, 0) is 16.0 Å². The van der Waals surface area contributed by atoms with E-state index in [4.69, 9.17) is 14.2 Å². The Hall–Kier alpha value is -2.48. The SMILES string of the molecule is CN=C(NCCc1ccc2c(c1)OCO2)N1CCN(C(=O)C2CCCO2)CC1. The van der Waals surface area contributed by atoms with Gasteiger partial charge in [0.2, 0.25) is 6.79 Å². The molecule has 1 N–H and O–H groups in total. The number of amides is 1. The number of carbonyl (C=O) groups excluding carboxylic acids is 1. The second kappa shape index (κ2) is 8.68. The predicted molar refractivity (Wildman–Crippen MR) is 105 cm³/mol. The molecular weight excluding hydrogens is 360 g/mol. The Morgan fingerprint density at radius 2 is 1.96 bits per heavy atom. The second-order valence-corrected chi connectivity index (χ2v) is 7.23. The van der Waals surface area contributed by atoms with E-state index in [0.717, 1.165) is 56.4 Å². The summed E-state index contributed by atoms with van der Waals surface area (Å²) in [4.78, 5) is 21.0. The van der Waals surface area contributed by atoms with E-state index in [1.54, 1.807) is 7.05 Å². The first-order valence-corrected chi connectivity index (χ1v) is 9.99. The van der Waals surface area contributed by atoms with Gasteiger partial charge in [0, 0.05) is 46.4 Å². The molecule has 0 bridgehead atoms. The van der Waals surface area contributed by atoms with Gasteiger partial charge in [0.25, 0.3) is 5.91 Å². The number of piperazine rings is 1. The third kappa shape index (κ3) is 4.16. The molecule has 152 valence electrons. The van der Waals surface area contributed by atoms with E-state index in [9.17, 15) is 4.79 Å². The van der Waals surface area contributed by atoms with Crippen LogP contribution >= 0.6 is 0 Å². The number of benzene rings is 1. The van der Waals surface area contributed by atoms with Gasteiger partial charge in [-0.25, -0.2) is 0 Å². The molecule has 3 aliphatic rings. The molecule has 3 heterocycles. The minimum atomic E-state index is -0.231. The molecule has 0 aliphatic carbocycles. The molecular formula is C20H28N4O4. The molecule has 3 aliphatic heterocycles. The zero-order valence-corrected chi connectivity index (χ0v) is 16.4. The Morgan fingerprint density at radius 3 is 2.71 bits per heavy atom. The highest BCUT2D eigenvalue weighted by molar-refractivity contribution is 5.82. The minimum Gasteiger partial charge on any atom is -0.454 e. The van der Waals surface area contributed by atoms with Crippen molar-refractivity contribution in [1.29, 1.82) is 0 Å². The lowest BCUT2D eigenvalue weighted by molar-refractivity contribution is -0.142. The molecule has 2 fully saturated rings. The van der Waals surface area contributed by atoms with E-state index in [1.165, 1.54) is 5.56 Å². The van der Waals surface area contributed by atoms with E-state index in [0.29, 0.717) is 26.5 Å². The normalized spacial score (nSPS) is 21.9. The van der Waals surface area contributed by atoms with E-state index < -0.39 is 0 Å². The quantitative estimate of drug-likeness (QED) is 0.609. The van der Waals surface area contributed by atoms with Crippen LogP contribution in [0, 0.1) is 0 Å². The molecule has 1 unspecified atom stereocenters. The van der Waals surface area contributed by atoms with Gasteiger partial charge in [-0.15, -0.1) is 0 Å². The number of nitrogens with one attached hydrogen (secondary N) is 1. The third-order valence-electron chi connectivity index (χ3n) is 5.44. The van der Waals surface area contributed by atoms with Crippen molar-refractivity contribution in [2.75, 3.05) is 53.2 Å². The highest BCUT2D eigenvalue weighted by Crippen LogP contribution is 2.32. The first-order valence-electron chi connectivity index (χ1n) is 9.99. The van der Waals surface area contributed by atoms with Gasteiger partial charge in [0.1, 0.15) is 6.10 Å². The summed E-state index contributed by atoms with van der Waals surface area (Å²) >= 11 is 0. The van der Waals surface area contributed by atoms with E-state index in [-0.39, 0.29) is 12.0 Å². The highest BCUT2D eigenvalue weighted by Gasteiger charge is 2.30. The number of guanidine groups is 1. The molecule has 1 atom stereocenters. The molecule has 28 heavy (non-hydrogen) atoms. The van der Waals surface area contributed by atoms with Crippen LogP contribution in [0.1, 0.15) is 18.4 Å². The number of aliphatic imine (C=N–C) groups is 1. The average molecular weight is 388 g/mol. The lowest BCUT2D eigenvalue weighted by Gasteiger charge is -2.37. The fourth-order valence-electron chi connectivity index (χ4n) is 3.86. The Bertz CT molecular complexity index is 725. The summed E-state index contributed by atoms with van der Waals surface area (Å²) in [7, 11) is 1.80. The second-order valence-electron chi connectivity index (χ2n) is 7.23. The molecule has 1 aromatic carbocycles. The average Bonchev–Trinajstić information content (AvgIpc) is 3.42. The number of fused-ring (bicyclic) bond motifs is 1. The summed E-state index contributed by atoms with van der Waals surface area (Å²) in [5.74, 6) is 2.64. The Balaban J connectivity index is 1.23. The van der Waals surface area contributed by atoms with Crippen molar-refractivity contribution in [3.63, 3.8) is 0 Å². The van der Waals surface area contributed by atoms with Gasteiger partial charge in [-0.3, -0.25) is 9.79 Å². The number of hydrogen-bond donors (Lipinski definition) is 1. The molecule has 4 rings (SSSR count). The van der Waals surface area contributed by atoms with Crippen molar-refractivity contribution in [3.8, 4) is 11.5 Å². The van der Waals surface area contributed by atoms with Crippen molar-refractivity contribution in [2.24, 2.45) is 4.99 Å². The van der Waals surface area contributed by atoms with Crippen molar-refractivity contribution in [3.05, 3.63) is 23.8 Å². The van der Waals surface area contributed by atoms with Crippen LogP contribution in [0.3, 0.4) is 0 Å². The van der Waals surface area contributed by atoms with Crippen LogP contribution in [-0.4, -0.2) is 80.9 Å². The number of rotatable bonds is 4. The molecule has 0 spiro atoms. The van der Waals surface area contributed by atoms with Crippen molar-refractivity contribution in [2.45, 2.75) is 25.4 Å². The van der Waals surface area contributed by atoms with Gasteiger partial charge < -0.3 is 29.3 Å². The zero-order chi connectivity index (χ0) is 19.3. The summed E-state index contributed by atoms with van der Waals surface area (Å²) in [5.41, 5.74) is 1.19. The van der Waals surface area contributed by atoms with Crippen LogP contribution in [0.25, 0.3) is 0 Å². The molecule has 8 heteroatoms. The predicted octanol–water partition coefficient (Wildman–Crippen LogP) is 0.856. The molecule has 2 saturated heterocycles. The zero-order valence-electron chi connectivity index (χ0n) is 16.4. The molecule has 1 aromatic rings. The molecule has 1 amide bonds. The molecule has 8 nitrogen and oxygen atoms in total. The summed E-state index contributed by atoms with van der Waals surface area (Å²) in [6, 6.07) is 6.05. The Morgan fingerprint density at radius 1 is 1.18 bits per heavy atom. The van der Waals surface area contributed by atoms with Crippen molar-refractivity contribution < 1.29 is 19.0 Å². The molecule has 0 aromatic heterocycles. The van der Waals surface area contributed by atoms with Gasteiger partial charge in [0.05, 0.1) is 0 Å².